The van der Waals surface area contributed by atoms with Gasteiger partial charge in [-0.3, -0.25) is 15.0 Å². The van der Waals surface area contributed by atoms with E-state index < -0.39 is 12.1 Å². The van der Waals surface area contributed by atoms with Crippen molar-refractivity contribution in [2.45, 2.75) is 12.6 Å². The van der Waals surface area contributed by atoms with Crippen LogP contribution in [0, 0.1) is 0 Å². The van der Waals surface area contributed by atoms with Crippen molar-refractivity contribution in [1.29, 1.82) is 0 Å². The number of nitrogens with one attached hydrogen (secondary N) is 2. The number of benzene rings is 2. The molecule has 5 heteroatoms. The van der Waals surface area contributed by atoms with Crippen LogP contribution in [0.4, 0.5) is 4.79 Å². The topological polar surface area (TPSA) is 61.4 Å². The molecule has 1 atom stereocenters. The Morgan fingerprint density at radius 2 is 1.57 bits per heavy atom. The Hall–Kier alpha value is -2.66. The molecule has 2 aromatic rings. The van der Waals surface area contributed by atoms with Crippen LogP contribution in [0.2, 0.25) is 0 Å². The van der Waals surface area contributed by atoms with E-state index in [0.29, 0.717) is 6.54 Å². The molecule has 0 spiro atoms. The van der Waals surface area contributed by atoms with E-state index in [2.05, 4.69) is 10.6 Å². The summed E-state index contributed by atoms with van der Waals surface area (Å²) in [6.45, 7) is 0.599. The van der Waals surface area contributed by atoms with Gasteiger partial charge in [-0.05, 0) is 18.2 Å². The van der Waals surface area contributed by atoms with Crippen molar-refractivity contribution in [3.63, 3.8) is 0 Å². The number of nitrogens with zero attached hydrogens (tertiary/aromatic N) is 1. The SMILES string of the molecule is CNC(=O)NC(=O)[C@@H](c1ccccc1)N(C)Cc1ccccc1. The van der Waals surface area contributed by atoms with Crippen LogP contribution >= 0.6 is 0 Å². The second-order valence-corrected chi connectivity index (χ2v) is 5.28. The van der Waals surface area contributed by atoms with E-state index in [-0.39, 0.29) is 5.91 Å². The zero-order chi connectivity index (χ0) is 16.7. The number of carbonyl (C=O) groups excluding carboxylic acids is 2. The molecule has 0 bridgehead atoms. The second kappa shape index (κ2) is 8.10. The summed E-state index contributed by atoms with van der Waals surface area (Å²) in [5, 5.41) is 4.77. The van der Waals surface area contributed by atoms with Crippen LogP contribution in [-0.2, 0) is 11.3 Å². The first-order chi connectivity index (χ1) is 11.1. The molecule has 0 unspecified atom stereocenters. The number of urea groups is 1. The minimum absolute atomic E-state index is 0.353. The van der Waals surface area contributed by atoms with Crippen LogP contribution in [0.3, 0.4) is 0 Å². The van der Waals surface area contributed by atoms with Gasteiger partial charge >= 0.3 is 6.03 Å². The van der Waals surface area contributed by atoms with Crippen LogP contribution in [0.25, 0.3) is 0 Å². The van der Waals surface area contributed by atoms with Crippen molar-refractivity contribution >= 4 is 11.9 Å². The standard InChI is InChI=1S/C18H21N3O2/c1-19-18(23)20-17(22)16(15-11-7-4-8-12-15)21(2)13-14-9-5-3-6-10-14/h3-12,16H,13H2,1-2H3,(H2,19,20,22,23)/t16-/m1/s1. The molecule has 0 radical (unpaired) electrons. The Bertz CT molecular complexity index is 644. The fraction of sp³-hybridized carbons (Fsp3) is 0.222. The Balaban J connectivity index is 2.22. The lowest BCUT2D eigenvalue weighted by Gasteiger charge is -2.27. The average molecular weight is 311 g/mol. The van der Waals surface area contributed by atoms with Gasteiger partial charge in [0.25, 0.3) is 0 Å². The van der Waals surface area contributed by atoms with Gasteiger partial charge in [-0.25, -0.2) is 4.79 Å². The number of carbonyl (C=O) groups is 2. The van der Waals surface area contributed by atoms with Crippen molar-refractivity contribution < 1.29 is 9.59 Å². The maximum absolute atomic E-state index is 12.5. The number of likely N-dealkylation sites (N-methyl/N-ethyl adjacent to an activating group) is 1. The lowest BCUT2D eigenvalue weighted by molar-refractivity contribution is -0.125. The summed E-state index contributed by atoms with van der Waals surface area (Å²) >= 11 is 0. The summed E-state index contributed by atoms with van der Waals surface area (Å²) < 4.78 is 0. The van der Waals surface area contributed by atoms with Crippen molar-refractivity contribution in [1.82, 2.24) is 15.5 Å². The van der Waals surface area contributed by atoms with Crippen LogP contribution in [0.1, 0.15) is 17.2 Å². The summed E-state index contributed by atoms with van der Waals surface area (Å²) in [5.41, 5.74) is 1.94. The smallest absolute Gasteiger partial charge is 0.321 e. The van der Waals surface area contributed by atoms with Crippen LogP contribution in [-0.4, -0.2) is 30.9 Å². The van der Waals surface area contributed by atoms with Gasteiger partial charge in [0.2, 0.25) is 5.91 Å². The minimum Gasteiger partial charge on any atom is -0.341 e. The van der Waals surface area contributed by atoms with Gasteiger partial charge < -0.3 is 5.32 Å². The highest BCUT2D eigenvalue weighted by Gasteiger charge is 2.26. The molecule has 0 aliphatic heterocycles. The van der Waals surface area contributed by atoms with Gasteiger partial charge in [0, 0.05) is 13.6 Å². The van der Waals surface area contributed by atoms with Gasteiger partial charge in [0.15, 0.2) is 0 Å². The molecule has 0 saturated carbocycles. The summed E-state index contributed by atoms with van der Waals surface area (Å²) in [6, 6.07) is 18.3. The zero-order valence-electron chi connectivity index (χ0n) is 13.3. The number of imide groups is 1. The van der Waals surface area contributed by atoms with E-state index in [1.165, 1.54) is 7.05 Å². The van der Waals surface area contributed by atoms with E-state index in [9.17, 15) is 9.59 Å². The Morgan fingerprint density at radius 1 is 1.00 bits per heavy atom. The lowest BCUT2D eigenvalue weighted by Crippen LogP contribution is -2.44. The Kier molecular flexibility index (Phi) is 5.88. The third-order valence-electron chi connectivity index (χ3n) is 3.54. The van der Waals surface area contributed by atoms with Crippen molar-refractivity contribution in [3.05, 3.63) is 71.8 Å². The second-order valence-electron chi connectivity index (χ2n) is 5.28. The normalized spacial score (nSPS) is 11.8. The molecule has 2 N–H and O–H groups in total. The highest BCUT2D eigenvalue weighted by atomic mass is 16.2. The van der Waals surface area contributed by atoms with Gasteiger partial charge in [0.1, 0.15) is 6.04 Å². The van der Waals surface area contributed by atoms with Crippen LogP contribution in [0.15, 0.2) is 60.7 Å². The predicted molar refractivity (Wildman–Crippen MR) is 89.7 cm³/mol. The number of amides is 3. The fourth-order valence-electron chi connectivity index (χ4n) is 2.45. The predicted octanol–water partition coefficient (Wildman–Crippen LogP) is 2.32. The number of hydrogen-bond acceptors (Lipinski definition) is 3. The molecular formula is C18H21N3O2. The molecule has 2 rings (SSSR count). The van der Waals surface area contributed by atoms with E-state index in [1.807, 2.05) is 72.6 Å². The molecule has 120 valence electrons. The molecule has 0 saturated heterocycles. The molecule has 0 heterocycles. The Labute approximate surface area is 136 Å². The van der Waals surface area contributed by atoms with Gasteiger partial charge in [-0.2, -0.15) is 0 Å². The fourth-order valence-corrected chi connectivity index (χ4v) is 2.45. The van der Waals surface area contributed by atoms with Crippen molar-refractivity contribution in [3.8, 4) is 0 Å². The van der Waals surface area contributed by atoms with E-state index >= 15 is 0 Å². The summed E-state index contributed by atoms with van der Waals surface area (Å²) in [7, 11) is 3.35. The summed E-state index contributed by atoms with van der Waals surface area (Å²) in [5.74, 6) is -0.353. The van der Waals surface area contributed by atoms with Gasteiger partial charge in [0.05, 0.1) is 0 Å². The van der Waals surface area contributed by atoms with Crippen molar-refractivity contribution in [2.75, 3.05) is 14.1 Å². The van der Waals surface area contributed by atoms with E-state index in [1.54, 1.807) is 0 Å². The molecular weight excluding hydrogens is 290 g/mol. The molecule has 0 aliphatic rings. The molecule has 23 heavy (non-hydrogen) atoms. The largest absolute Gasteiger partial charge is 0.341 e. The molecule has 0 aliphatic carbocycles. The first kappa shape index (κ1) is 16.7. The lowest BCUT2D eigenvalue weighted by atomic mass is 10.0. The molecule has 2 aromatic carbocycles. The van der Waals surface area contributed by atoms with Crippen molar-refractivity contribution in [2.24, 2.45) is 0 Å². The van der Waals surface area contributed by atoms with Gasteiger partial charge in [-0.15, -0.1) is 0 Å². The van der Waals surface area contributed by atoms with E-state index in [0.717, 1.165) is 11.1 Å². The molecule has 0 fully saturated rings. The first-order valence-electron chi connectivity index (χ1n) is 7.43. The average Bonchev–Trinajstić information content (AvgIpc) is 2.56. The highest BCUT2D eigenvalue weighted by Crippen LogP contribution is 2.21. The maximum atomic E-state index is 12.5. The third kappa shape index (κ3) is 4.66. The number of rotatable bonds is 5. The quantitative estimate of drug-likeness (QED) is 0.891. The zero-order valence-corrected chi connectivity index (χ0v) is 13.3. The maximum Gasteiger partial charge on any atom is 0.321 e. The third-order valence-corrected chi connectivity index (χ3v) is 3.54. The monoisotopic (exact) mass is 311 g/mol. The molecule has 3 amide bonds. The Morgan fingerprint density at radius 3 is 2.13 bits per heavy atom. The van der Waals surface area contributed by atoms with E-state index in [4.69, 9.17) is 0 Å². The number of hydrogen-bond donors (Lipinski definition) is 2. The summed E-state index contributed by atoms with van der Waals surface area (Å²) in [4.78, 5) is 25.9. The minimum atomic E-state index is -0.547. The molecule has 0 aromatic heterocycles. The first-order valence-corrected chi connectivity index (χ1v) is 7.43. The molecule has 5 nitrogen and oxygen atoms in total. The van der Waals surface area contributed by atoms with Crippen LogP contribution < -0.4 is 10.6 Å². The highest BCUT2D eigenvalue weighted by molar-refractivity contribution is 5.97. The van der Waals surface area contributed by atoms with Crippen LogP contribution in [0.5, 0.6) is 0 Å². The van der Waals surface area contributed by atoms with Gasteiger partial charge in [-0.1, -0.05) is 60.7 Å². The summed E-state index contributed by atoms with van der Waals surface area (Å²) in [6.07, 6.45) is 0.